The van der Waals surface area contributed by atoms with E-state index in [0.717, 1.165) is 11.3 Å². The number of aromatic nitrogens is 2. The number of nitrogens with zero attached hydrogens (tertiary/aromatic N) is 2. The van der Waals surface area contributed by atoms with E-state index in [9.17, 15) is 4.79 Å². The Bertz CT molecular complexity index is 612. The van der Waals surface area contributed by atoms with Crippen molar-refractivity contribution in [3.8, 4) is 11.3 Å². The average molecular weight is 285 g/mol. The Hall–Kier alpha value is -2.43. The van der Waals surface area contributed by atoms with Crippen LogP contribution in [0.2, 0.25) is 0 Å². The molecule has 0 fully saturated rings. The maximum atomic E-state index is 10.7. The maximum Gasteiger partial charge on any atom is 0.303 e. The molecule has 0 aliphatic rings. The van der Waals surface area contributed by atoms with Gasteiger partial charge in [0.1, 0.15) is 5.82 Å². The molecular weight excluding hydrogens is 266 g/mol. The van der Waals surface area contributed by atoms with Gasteiger partial charge in [-0.05, 0) is 20.3 Å². The SMILES string of the molecule is CC(C)(CCC(=O)O)Nc1cncc(-c2ccccc2)n1. The van der Waals surface area contributed by atoms with Crippen molar-refractivity contribution in [1.29, 1.82) is 0 Å². The molecule has 0 aliphatic carbocycles. The van der Waals surface area contributed by atoms with E-state index in [1.165, 1.54) is 0 Å². The highest BCUT2D eigenvalue weighted by Crippen LogP contribution is 2.21. The zero-order chi connectivity index (χ0) is 15.3. The third-order valence-corrected chi connectivity index (χ3v) is 3.13. The van der Waals surface area contributed by atoms with Crippen LogP contribution in [0.4, 0.5) is 5.82 Å². The molecule has 1 heterocycles. The molecule has 0 spiro atoms. The molecule has 5 nitrogen and oxygen atoms in total. The summed E-state index contributed by atoms with van der Waals surface area (Å²) in [4.78, 5) is 19.4. The minimum absolute atomic E-state index is 0.117. The lowest BCUT2D eigenvalue weighted by Crippen LogP contribution is -2.32. The Labute approximate surface area is 124 Å². The summed E-state index contributed by atoms with van der Waals surface area (Å²) in [5.41, 5.74) is 1.43. The van der Waals surface area contributed by atoms with Crippen LogP contribution < -0.4 is 5.32 Å². The normalized spacial score (nSPS) is 11.1. The maximum absolute atomic E-state index is 10.7. The zero-order valence-electron chi connectivity index (χ0n) is 12.2. The van der Waals surface area contributed by atoms with Gasteiger partial charge in [-0.3, -0.25) is 9.78 Å². The number of carbonyl (C=O) groups is 1. The number of rotatable bonds is 6. The molecule has 2 N–H and O–H groups in total. The summed E-state index contributed by atoms with van der Waals surface area (Å²) < 4.78 is 0. The summed E-state index contributed by atoms with van der Waals surface area (Å²) in [5, 5.41) is 12.0. The Balaban J connectivity index is 2.13. The van der Waals surface area contributed by atoms with Gasteiger partial charge in [-0.15, -0.1) is 0 Å². The van der Waals surface area contributed by atoms with Crippen molar-refractivity contribution in [1.82, 2.24) is 9.97 Å². The van der Waals surface area contributed by atoms with E-state index in [0.29, 0.717) is 12.2 Å². The fraction of sp³-hybridized carbons (Fsp3) is 0.312. The lowest BCUT2D eigenvalue weighted by atomic mass is 9.98. The van der Waals surface area contributed by atoms with Crippen LogP contribution in [0, 0.1) is 0 Å². The summed E-state index contributed by atoms with van der Waals surface area (Å²) in [6.45, 7) is 3.90. The summed E-state index contributed by atoms with van der Waals surface area (Å²) in [7, 11) is 0. The second-order valence-corrected chi connectivity index (χ2v) is 5.56. The molecule has 0 saturated heterocycles. The Morgan fingerprint density at radius 1 is 1.24 bits per heavy atom. The van der Waals surface area contributed by atoms with Gasteiger partial charge in [0.2, 0.25) is 0 Å². The van der Waals surface area contributed by atoms with E-state index in [-0.39, 0.29) is 12.0 Å². The minimum Gasteiger partial charge on any atom is -0.481 e. The van der Waals surface area contributed by atoms with E-state index in [4.69, 9.17) is 5.11 Å². The number of aliphatic carboxylic acids is 1. The number of benzene rings is 1. The van der Waals surface area contributed by atoms with Crippen molar-refractivity contribution >= 4 is 11.8 Å². The van der Waals surface area contributed by atoms with E-state index in [1.54, 1.807) is 12.4 Å². The van der Waals surface area contributed by atoms with Gasteiger partial charge in [0.15, 0.2) is 0 Å². The van der Waals surface area contributed by atoms with Gasteiger partial charge in [-0.25, -0.2) is 4.98 Å². The zero-order valence-corrected chi connectivity index (χ0v) is 12.2. The van der Waals surface area contributed by atoms with Crippen LogP contribution in [-0.2, 0) is 4.79 Å². The minimum atomic E-state index is -0.797. The molecule has 2 rings (SSSR count). The second-order valence-electron chi connectivity index (χ2n) is 5.56. The number of carboxylic acid groups (broad SMARTS) is 1. The van der Waals surface area contributed by atoms with Crippen molar-refractivity contribution in [2.75, 3.05) is 5.32 Å². The van der Waals surface area contributed by atoms with Crippen LogP contribution in [0.5, 0.6) is 0 Å². The van der Waals surface area contributed by atoms with Gasteiger partial charge in [0.25, 0.3) is 0 Å². The molecule has 0 aliphatic heterocycles. The monoisotopic (exact) mass is 285 g/mol. The van der Waals surface area contributed by atoms with Crippen molar-refractivity contribution in [3.63, 3.8) is 0 Å². The van der Waals surface area contributed by atoms with Gasteiger partial charge >= 0.3 is 5.97 Å². The molecule has 0 amide bonds. The summed E-state index contributed by atoms with van der Waals surface area (Å²) in [5.74, 6) is -0.152. The molecule has 21 heavy (non-hydrogen) atoms. The van der Waals surface area contributed by atoms with Crippen LogP contribution in [0.1, 0.15) is 26.7 Å². The summed E-state index contributed by atoms with van der Waals surface area (Å²) in [6.07, 6.45) is 3.99. The first-order chi connectivity index (χ1) is 9.96. The molecule has 1 aromatic heterocycles. The van der Waals surface area contributed by atoms with Crippen LogP contribution in [0.25, 0.3) is 11.3 Å². The first-order valence-corrected chi connectivity index (χ1v) is 6.84. The molecule has 0 saturated carbocycles. The van der Waals surface area contributed by atoms with Crippen LogP contribution >= 0.6 is 0 Å². The molecule has 2 aromatic rings. The van der Waals surface area contributed by atoms with E-state index >= 15 is 0 Å². The fourth-order valence-electron chi connectivity index (χ4n) is 2.00. The first kappa shape index (κ1) is 15.0. The molecule has 0 atom stereocenters. The summed E-state index contributed by atoms with van der Waals surface area (Å²) >= 11 is 0. The Morgan fingerprint density at radius 3 is 2.62 bits per heavy atom. The third-order valence-electron chi connectivity index (χ3n) is 3.13. The molecule has 0 bridgehead atoms. The van der Waals surface area contributed by atoms with Gasteiger partial charge in [0, 0.05) is 17.5 Å². The van der Waals surface area contributed by atoms with Crippen LogP contribution in [-0.4, -0.2) is 26.6 Å². The number of nitrogens with one attached hydrogen (secondary N) is 1. The standard InChI is InChI=1S/C16H19N3O2/c1-16(2,9-8-15(20)21)19-14-11-17-10-13(18-14)12-6-4-3-5-7-12/h3-7,10-11H,8-9H2,1-2H3,(H,18,19)(H,20,21). The predicted octanol–water partition coefficient (Wildman–Crippen LogP) is 3.20. The largest absolute Gasteiger partial charge is 0.481 e. The molecule has 110 valence electrons. The van der Waals surface area contributed by atoms with E-state index in [2.05, 4.69) is 15.3 Å². The Kier molecular flexibility index (Phi) is 4.52. The fourth-order valence-corrected chi connectivity index (χ4v) is 2.00. The number of hydrogen-bond donors (Lipinski definition) is 2. The van der Waals surface area contributed by atoms with Crippen molar-refractivity contribution in [2.45, 2.75) is 32.2 Å². The number of carboxylic acids is 1. The molecule has 5 heteroatoms. The van der Waals surface area contributed by atoms with Crippen LogP contribution in [0.3, 0.4) is 0 Å². The van der Waals surface area contributed by atoms with Crippen LogP contribution in [0.15, 0.2) is 42.7 Å². The van der Waals surface area contributed by atoms with Crippen molar-refractivity contribution in [2.24, 2.45) is 0 Å². The highest BCUT2D eigenvalue weighted by atomic mass is 16.4. The summed E-state index contributed by atoms with van der Waals surface area (Å²) in [6, 6.07) is 9.81. The van der Waals surface area contributed by atoms with Crippen molar-refractivity contribution < 1.29 is 9.90 Å². The second kappa shape index (κ2) is 6.35. The number of hydrogen-bond acceptors (Lipinski definition) is 4. The third kappa shape index (κ3) is 4.56. The van der Waals surface area contributed by atoms with E-state index < -0.39 is 5.97 Å². The number of anilines is 1. The average Bonchev–Trinajstić information content (AvgIpc) is 2.46. The van der Waals surface area contributed by atoms with Gasteiger partial charge in [-0.2, -0.15) is 0 Å². The van der Waals surface area contributed by atoms with Crippen molar-refractivity contribution in [3.05, 3.63) is 42.7 Å². The quantitative estimate of drug-likeness (QED) is 0.852. The smallest absolute Gasteiger partial charge is 0.303 e. The Morgan fingerprint density at radius 2 is 1.95 bits per heavy atom. The lowest BCUT2D eigenvalue weighted by molar-refractivity contribution is -0.137. The predicted molar refractivity (Wildman–Crippen MR) is 82.0 cm³/mol. The molecule has 0 unspecified atom stereocenters. The molecular formula is C16H19N3O2. The highest BCUT2D eigenvalue weighted by Gasteiger charge is 2.19. The molecule has 0 radical (unpaired) electrons. The lowest BCUT2D eigenvalue weighted by Gasteiger charge is -2.26. The highest BCUT2D eigenvalue weighted by molar-refractivity contribution is 5.67. The van der Waals surface area contributed by atoms with Gasteiger partial charge in [0.05, 0.1) is 18.1 Å². The first-order valence-electron chi connectivity index (χ1n) is 6.84. The van der Waals surface area contributed by atoms with Gasteiger partial charge < -0.3 is 10.4 Å². The van der Waals surface area contributed by atoms with Gasteiger partial charge in [-0.1, -0.05) is 30.3 Å². The van der Waals surface area contributed by atoms with E-state index in [1.807, 2.05) is 44.2 Å². The topological polar surface area (TPSA) is 75.1 Å². The molecule has 1 aromatic carbocycles.